The molecule has 1 aliphatic carbocycles. The van der Waals surface area contributed by atoms with E-state index in [4.69, 9.17) is 5.73 Å². The largest absolute Gasteiger partial charge is 0.397 e. The SMILES string of the molecule is Cc1cc(NCCC2CCCC(C)C2)c(N)cc1F. The van der Waals surface area contributed by atoms with Crippen LogP contribution in [0.2, 0.25) is 0 Å². The van der Waals surface area contributed by atoms with Crippen molar-refractivity contribution in [2.24, 2.45) is 11.8 Å². The van der Waals surface area contributed by atoms with Crippen LogP contribution < -0.4 is 11.1 Å². The van der Waals surface area contributed by atoms with Crippen molar-refractivity contribution >= 4 is 11.4 Å². The fourth-order valence-corrected chi connectivity index (χ4v) is 3.08. The van der Waals surface area contributed by atoms with Crippen molar-refractivity contribution in [2.75, 3.05) is 17.6 Å². The fourth-order valence-electron chi connectivity index (χ4n) is 3.08. The van der Waals surface area contributed by atoms with Crippen molar-refractivity contribution in [1.29, 1.82) is 0 Å². The summed E-state index contributed by atoms with van der Waals surface area (Å²) in [6.07, 6.45) is 6.63. The van der Waals surface area contributed by atoms with Gasteiger partial charge in [0, 0.05) is 6.54 Å². The van der Waals surface area contributed by atoms with Crippen LogP contribution in [0.3, 0.4) is 0 Å². The zero-order valence-electron chi connectivity index (χ0n) is 12.0. The van der Waals surface area contributed by atoms with Gasteiger partial charge in [-0.15, -0.1) is 0 Å². The third kappa shape index (κ3) is 3.85. The summed E-state index contributed by atoms with van der Waals surface area (Å²) in [5.41, 5.74) is 7.83. The summed E-state index contributed by atoms with van der Waals surface area (Å²) in [5.74, 6) is 1.47. The number of aryl methyl sites for hydroxylation is 1. The second-order valence-corrected chi connectivity index (χ2v) is 6.04. The molecule has 0 saturated heterocycles. The van der Waals surface area contributed by atoms with Gasteiger partial charge in [-0.25, -0.2) is 4.39 Å². The second kappa shape index (κ2) is 6.27. The summed E-state index contributed by atoms with van der Waals surface area (Å²) in [7, 11) is 0. The van der Waals surface area contributed by atoms with Crippen LogP contribution in [0.4, 0.5) is 15.8 Å². The molecule has 1 saturated carbocycles. The van der Waals surface area contributed by atoms with E-state index in [0.717, 1.165) is 24.1 Å². The molecule has 3 N–H and O–H groups in total. The maximum Gasteiger partial charge on any atom is 0.128 e. The Morgan fingerprint density at radius 3 is 2.89 bits per heavy atom. The van der Waals surface area contributed by atoms with E-state index >= 15 is 0 Å². The topological polar surface area (TPSA) is 38.0 Å². The quantitative estimate of drug-likeness (QED) is 0.794. The third-order valence-electron chi connectivity index (χ3n) is 4.24. The van der Waals surface area contributed by atoms with Crippen molar-refractivity contribution in [2.45, 2.75) is 46.0 Å². The molecule has 0 radical (unpaired) electrons. The first-order valence-electron chi connectivity index (χ1n) is 7.35. The van der Waals surface area contributed by atoms with E-state index in [-0.39, 0.29) is 5.82 Å². The fraction of sp³-hybridized carbons (Fsp3) is 0.625. The summed E-state index contributed by atoms with van der Waals surface area (Å²) < 4.78 is 13.3. The van der Waals surface area contributed by atoms with Gasteiger partial charge in [0.25, 0.3) is 0 Å². The summed E-state index contributed by atoms with van der Waals surface area (Å²) in [5, 5.41) is 3.35. The molecule has 0 amide bonds. The minimum atomic E-state index is -0.232. The Labute approximate surface area is 115 Å². The number of hydrogen-bond acceptors (Lipinski definition) is 2. The maximum absolute atomic E-state index is 13.3. The second-order valence-electron chi connectivity index (χ2n) is 6.04. The van der Waals surface area contributed by atoms with Gasteiger partial charge in [0.2, 0.25) is 0 Å². The monoisotopic (exact) mass is 264 g/mol. The maximum atomic E-state index is 13.3. The Morgan fingerprint density at radius 2 is 2.16 bits per heavy atom. The normalized spacial score (nSPS) is 23.3. The molecular weight excluding hydrogens is 239 g/mol. The van der Waals surface area contributed by atoms with Crippen molar-refractivity contribution in [3.05, 3.63) is 23.5 Å². The molecule has 2 unspecified atom stereocenters. The summed E-state index contributed by atoms with van der Waals surface area (Å²) in [6, 6.07) is 3.20. The lowest BCUT2D eigenvalue weighted by Crippen LogP contribution is -2.17. The van der Waals surface area contributed by atoms with Crippen LogP contribution in [0, 0.1) is 24.6 Å². The molecule has 1 aliphatic rings. The van der Waals surface area contributed by atoms with Crippen LogP contribution in [0.5, 0.6) is 0 Å². The predicted molar refractivity (Wildman–Crippen MR) is 79.8 cm³/mol. The molecule has 0 aliphatic heterocycles. The molecule has 0 aromatic heterocycles. The lowest BCUT2D eigenvalue weighted by Gasteiger charge is -2.26. The molecule has 106 valence electrons. The van der Waals surface area contributed by atoms with Crippen molar-refractivity contribution in [3.8, 4) is 0 Å². The number of benzene rings is 1. The van der Waals surface area contributed by atoms with Crippen LogP contribution in [-0.4, -0.2) is 6.54 Å². The number of rotatable bonds is 4. The summed E-state index contributed by atoms with van der Waals surface area (Å²) >= 11 is 0. The van der Waals surface area contributed by atoms with Crippen LogP contribution in [0.15, 0.2) is 12.1 Å². The van der Waals surface area contributed by atoms with Crippen LogP contribution in [0.1, 0.15) is 44.6 Å². The Bertz CT molecular complexity index is 431. The van der Waals surface area contributed by atoms with Crippen molar-refractivity contribution in [1.82, 2.24) is 0 Å². The highest BCUT2D eigenvalue weighted by molar-refractivity contribution is 5.67. The number of halogens is 1. The van der Waals surface area contributed by atoms with E-state index in [9.17, 15) is 4.39 Å². The van der Waals surface area contributed by atoms with E-state index in [1.165, 1.54) is 38.2 Å². The Hall–Kier alpha value is -1.25. The number of nitrogens with one attached hydrogen (secondary N) is 1. The zero-order chi connectivity index (χ0) is 13.8. The van der Waals surface area contributed by atoms with E-state index in [1.54, 1.807) is 13.0 Å². The van der Waals surface area contributed by atoms with Crippen molar-refractivity contribution < 1.29 is 4.39 Å². The first kappa shape index (κ1) is 14.2. The predicted octanol–water partition coefficient (Wildman–Crippen LogP) is 4.34. The minimum Gasteiger partial charge on any atom is -0.397 e. The molecule has 3 heteroatoms. The smallest absolute Gasteiger partial charge is 0.128 e. The van der Waals surface area contributed by atoms with E-state index in [0.29, 0.717) is 11.3 Å². The molecule has 0 spiro atoms. The molecule has 0 heterocycles. The third-order valence-corrected chi connectivity index (χ3v) is 4.24. The summed E-state index contributed by atoms with van der Waals surface area (Å²) in [4.78, 5) is 0. The molecule has 19 heavy (non-hydrogen) atoms. The average molecular weight is 264 g/mol. The Kier molecular flexibility index (Phi) is 4.67. The van der Waals surface area contributed by atoms with Gasteiger partial charge in [-0.2, -0.15) is 0 Å². The zero-order valence-corrected chi connectivity index (χ0v) is 12.0. The number of nitrogen functional groups attached to an aromatic ring is 1. The molecule has 1 aromatic carbocycles. The van der Waals surface area contributed by atoms with Gasteiger partial charge in [-0.05, 0) is 49.3 Å². The first-order valence-corrected chi connectivity index (χ1v) is 7.35. The van der Waals surface area contributed by atoms with Gasteiger partial charge in [0.1, 0.15) is 5.82 Å². The standard InChI is InChI=1S/C16H25FN2/c1-11-4-3-5-13(8-11)6-7-19-16-9-12(2)14(17)10-15(16)18/h9-11,13,19H,3-8,18H2,1-2H3. The lowest BCUT2D eigenvalue weighted by molar-refractivity contribution is 0.274. The van der Waals surface area contributed by atoms with Gasteiger partial charge in [0.15, 0.2) is 0 Å². The average Bonchev–Trinajstić information content (AvgIpc) is 2.35. The highest BCUT2D eigenvalue weighted by Gasteiger charge is 2.18. The molecule has 2 rings (SSSR count). The van der Waals surface area contributed by atoms with Gasteiger partial charge in [0.05, 0.1) is 11.4 Å². The van der Waals surface area contributed by atoms with Gasteiger partial charge >= 0.3 is 0 Å². The van der Waals surface area contributed by atoms with Crippen LogP contribution in [0.25, 0.3) is 0 Å². The van der Waals surface area contributed by atoms with Gasteiger partial charge in [-0.3, -0.25) is 0 Å². The lowest BCUT2D eigenvalue weighted by atomic mass is 9.81. The molecule has 2 nitrogen and oxygen atoms in total. The minimum absolute atomic E-state index is 0.232. The highest BCUT2D eigenvalue weighted by Crippen LogP contribution is 2.31. The van der Waals surface area contributed by atoms with Gasteiger partial charge in [-0.1, -0.05) is 26.2 Å². The highest BCUT2D eigenvalue weighted by atomic mass is 19.1. The molecule has 2 atom stereocenters. The number of nitrogens with two attached hydrogens (primary N) is 1. The summed E-state index contributed by atoms with van der Waals surface area (Å²) in [6.45, 7) is 5.04. The Balaban J connectivity index is 1.84. The van der Waals surface area contributed by atoms with E-state index in [2.05, 4.69) is 12.2 Å². The van der Waals surface area contributed by atoms with E-state index < -0.39 is 0 Å². The van der Waals surface area contributed by atoms with Crippen LogP contribution >= 0.6 is 0 Å². The van der Waals surface area contributed by atoms with Gasteiger partial charge < -0.3 is 11.1 Å². The molecular formula is C16H25FN2. The number of anilines is 2. The molecule has 0 bridgehead atoms. The first-order chi connectivity index (χ1) is 9.06. The van der Waals surface area contributed by atoms with E-state index in [1.807, 2.05) is 0 Å². The van der Waals surface area contributed by atoms with Crippen LogP contribution in [-0.2, 0) is 0 Å². The molecule has 1 aromatic rings. The Morgan fingerprint density at radius 1 is 1.37 bits per heavy atom. The number of hydrogen-bond donors (Lipinski definition) is 2. The van der Waals surface area contributed by atoms with Crippen molar-refractivity contribution in [3.63, 3.8) is 0 Å². The molecule has 1 fully saturated rings.